The fourth-order valence-electron chi connectivity index (χ4n) is 3.07. The standard InChI is InChI=1S/C18H20O/c1-14-7-8-16-10-12-18(19,17(16)13-14)11-9-15-5-3-2-4-6-15/h2-8,13,19H,9-12H2,1H3. The van der Waals surface area contributed by atoms with E-state index in [1.54, 1.807) is 0 Å². The van der Waals surface area contributed by atoms with Crippen LogP contribution in [0.3, 0.4) is 0 Å². The first-order chi connectivity index (χ1) is 9.17. The van der Waals surface area contributed by atoms with E-state index in [1.807, 2.05) is 6.07 Å². The van der Waals surface area contributed by atoms with E-state index in [4.69, 9.17) is 0 Å². The lowest BCUT2D eigenvalue weighted by molar-refractivity contribution is 0.0297. The SMILES string of the molecule is Cc1ccc2c(c1)C(O)(CCc1ccccc1)CC2. The molecule has 0 amide bonds. The predicted octanol–water partition coefficient (Wildman–Crippen LogP) is 3.76. The lowest BCUT2D eigenvalue weighted by Gasteiger charge is -2.24. The monoisotopic (exact) mass is 252 g/mol. The summed E-state index contributed by atoms with van der Waals surface area (Å²) >= 11 is 0. The Kier molecular flexibility index (Phi) is 3.16. The number of aliphatic hydroxyl groups is 1. The molecule has 0 bridgehead atoms. The number of fused-ring (bicyclic) bond motifs is 1. The molecule has 1 nitrogen and oxygen atoms in total. The average molecular weight is 252 g/mol. The van der Waals surface area contributed by atoms with Crippen LogP contribution < -0.4 is 0 Å². The van der Waals surface area contributed by atoms with Gasteiger partial charge in [0.15, 0.2) is 0 Å². The molecule has 2 aromatic rings. The fraction of sp³-hybridized carbons (Fsp3) is 0.333. The lowest BCUT2D eigenvalue weighted by Crippen LogP contribution is -2.23. The van der Waals surface area contributed by atoms with Gasteiger partial charge in [-0.25, -0.2) is 0 Å². The molecule has 0 saturated heterocycles. The Morgan fingerprint density at radius 3 is 2.68 bits per heavy atom. The maximum atomic E-state index is 10.9. The zero-order valence-corrected chi connectivity index (χ0v) is 11.4. The molecule has 0 aromatic heterocycles. The fourth-order valence-corrected chi connectivity index (χ4v) is 3.07. The summed E-state index contributed by atoms with van der Waals surface area (Å²) in [6.07, 6.45) is 3.61. The highest BCUT2D eigenvalue weighted by atomic mass is 16.3. The molecule has 1 unspecified atom stereocenters. The normalized spacial score (nSPS) is 21.4. The Bertz CT molecular complexity index is 573. The van der Waals surface area contributed by atoms with E-state index in [0.717, 1.165) is 31.2 Å². The summed E-state index contributed by atoms with van der Waals surface area (Å²) in [6.45, 7) is 2.09. The first-order valence-electron chi connectivity index (χ1n) is 7.04. The Labute approximate surface area is 114 Å². The summed E-state index contributed by atoms with van der Waals surface area (Å²) in [7, 11) is 0. The largest absolute Gasteiger partial charge is 0.385 e. The van der Waals surface area contributed by atoms with Crippen LogP contribution in [0, 0.1) is 6.92 Å². The van der Waals surface area contributed by atoms with Crippen LogP contribution >= 0.6 is 0 Å². The van der Waals surface area contributed by atoms with Gasteiger partial charge in [0.2, 0.25) is 0 Å². The van der Waals surface area contributed by atoms with Crippen molar-refractivity contribution in [3.05, 3.63) is 70.8 Å². The smallest absolute Gasteiger partial charge is 0.0905 e. The summed E-state index contributed by atoms with van der Waals surface area (Å²) in [6, 6.07) is 16.9. The van der Waals surface area contributed by atoms with Gasteiger partial charge in [-0.3, -0.25) is 0 Å². The van der Waals surface area contributed by atoms with Crippen LogP contribution in [0.25, 0.3) is 0 Å². The van der Waals surface area contributed by atoms with E-state index in [0.29, 0.717) is 0 Å². The van der Waals surface area contributed by atoms with Crippen LogP contribution in [0.15, 0.2) is 48.5 Å². The van der Waals surface area contributed by atoms with E-state index in [-0.39, 0.29) is 0 Å². The van der Waals surface area contributed by atoms with Crippen LogP contribution in [0.5, 0.6) is 0 Å². The van der Waals surface area contributed by atoms with Gasteiger partial charge in [0.25, 0.3) is 0 Å². The Balaban J connectivity index is 1.81. The quantitative estimate of drug-likeness (QED) is 0.881. The minimum atomic E-state index is -0.628. The summed E-state index contributed by atoms with van der Waals surface area (Å²) in [5.41, 5.74) is 4.39. The number of hydrogen-bond donors (Lipinski definition) is 1. The molecule has 0 spiro atoms. The second kappa shape index (κ2) is 4.82. The molecule has 0 fully saturated rings. The minimum absolute atomic E-state index is 0.628. The van der Waals surface area contributed by atoms with Crippen molar-refractivity contribution in [3.8, 4) is 0 Å². The van der Waals surface area contributed by atoms with E-state index in [1.165, 1.54) is 16.7 Å². The van der Waals surface area contributed by atoms with Crippen molar-refractivity contribution in [2.45, 2.75) is 38.2 Å². The van der Waals surface area contributed by atoms with E-state index in [2.05, 4.69) is 49.4 Å². The van der Waals surface area contributed by atoms with Crippen molar-refractivity contribution in [2.75, 3.05) is 0 Å². The number of benzene rings is 2. The molecule has 1 atom stereocenters. The van der Waals surface area contributed by atoms with Gasteiger partial charge in [-0.2, -0.15) is 0 Å². The molecule has 3 rings (SSSR count). The van der Waals surface area contributed by atoms with Gasteiger partial charge < -0.3 is 5.11 Å². The molecule has 0 radical (unpaired) electrons. The maximum Gasteiger partial charge on any atom is 0.0905 e. The van der Waals surface area contributed by atoms with Gasteiger partial charge in [-0.15, -0.1) is 0 Å². The van der Waals surface area contributed by atoms with Crippen molar-refractivity contribution in [3.63, 3.8) is 0 Å². The molecule has 1 aliphatic carbocycles. The summed E-state index contributed by atoms with van der Waals surface area (Å²) in [4.78, 5) is 0. The first kappa shape index (κ1) is 12.4. The number of hydrogen-bond acceptors (Lipinski definition) is 1. The van der Waals surface area contributed by atoms with Crippen molar-refractivity contribution in [1.29, 1.82) is 0 Å². The van der Waals surface area contributed by atoms with Crippen LogP contribution in [0.4, 0.5) is 0 Å². The molecule has 1 N–H and O–H groups in total. The van der Waals surface area contributed by atoms with Crippen LogP contribution in [0.2, 0.25) is 0 Å². The van der Waals surface area contributed by atoms with Gasteiger partial charge in [0.05, 0.1) is 5.60 Å². The molecule has 19 heavy (non-hydrogen) atoms. The molecular weight excluding hydrogens is 232 g/mol. The third-order valence-electron chi connectivity index (χ3n) is 4.24. The number of rotatable bonds is 3. The molecular formula is C18H20O. The van der Waals surface area contributed by atoms with Crippen LogP contribution in [-0.2, 0) is 18.4 Å². The van der Waals surface area contributed by atoms with Crippen LogP contribution in [-0.4, -0.2) is 5.11 Å². The van der Waals surface area contributed by atoms with Crippen molar-refractivity contribution >= 4 is 0 Å². The van der Waals surface area contributed by atoms with Gasteiger partial charge in [-0.1, -0.05) is 54.1 Å². The highest BCUT2D eigenvalue weighted by molar-refractivity contribution is 5.40. The molecule has 1 aliphatic rings. The van der Waals surface area contributed by atoms with Gasteiger partial charge in [0, 0.05) is 0 Å². The van der Waals surface area contributed by atoms with Gasteiger partial charge in [-0.05, 0) is 49.3 Å². The molecule has 98 valence electrons. The molecule has 0 aliphatic heterocycles. The van der Waals surface area contributed by atoms with Crippen molar-refractivity contribution < 1.29 is 5.11 Å². The zero-order chi connectivity index (χ0) is 13.3. The average Bonchev–Trinajstić information content (AvgIpc) is 2.76. The molecule has 0 heterocycles. The first-order valence-corrected chi connectivity index (χ1v) is 7.04. The number of aryl methyl sites for hydroxylation is 3. The van der Waals surface area contributed by atoms with E-state index < -0.39 is 5.60 Å². The third-order valence-corrected chi connectivity index (χ3v) is 4.24. The second-order valence-corrected chi connectivity index (χ2v) is 5.68. The summed E-state index contributed by atoms with van der Waals surface area (Å²) in [5.74, 6) is 0. The van der Waals surface area contributed by atoms with Gasteiger partial charge >= 0.3 is 0 Å². The third kappa shape index (κ3) is 2.43. The Morgan fingerprint density at radius 2 is 1.89 bits per heavy atom. The van der Waals surface area contributed by atoms with Crippen molar-refractivity contribution in [2.24, 2.45) is 0 Å². The second-order valence-electron chi connectivity index (χ2n) is 5.68. The molecule has 0 saturated carbocycles. The molecule has 2 aromatic carbocycles. The maximum absolute atomic E-state index is 10.9. The predicted molar refractivity (Wildman–Crippen MR) is 78.2 cm³/mol. The molecule has 1 heteroatoms. The lowest BCUT2D eigenvalue weighted by atomic mass is 9.88. The highest BCUT2D eigenvalue weighted by Gasteiger charge is 2.35. The topological polar surface area (TPSA) is 20.2 Å². The summed E-state index contributed by atoms with van der Waals surface area (Å²) < 4.78 is 0. The minimum Gasteiger partial charge on any atom is -0.385 e. The zero-order valence-electron chi connectivity index (χ0n) is 11.4. The van der Waals surface area contributed by atoms with Crippen LogP contribution in [0.1, 0.15) is 35.1 Å². The Hall–Kier alpha value is -1.60. The van der Waals surface area contributed by atoms with E-state index >= 15 is 0 Å². The van der Waals surface area contributed by atoms with E-state index in [9.17, 15) is 5.11 Å². The highest BCUT2D eigenvalue weighted by Crippen LogP contribution is 2.40. The Morgan fingerprint density at radius 1 is 1.11 bits per heavy atom. The van der Waals surface area contributed by atoms with Crippen molar-refractivity contribution in [1.82, 2.24) is 0 Å². The summed E-state index contributed by atoms with van der Waals surface area (Å²) in [5, 5.41) is 10.9. The van der Waals surface area contributed by atoms with Gasteiger partial charge in [0.1, 0.15) is 0 Å².